The number of halogens is 1. The summed E-state index contributed by atoms with van der Waals surface area (Å²) < 4.78 is 13.8. The van der Waals surface area contributed by atoms with Gasteiger partial charge in [0.15, 0.2) is 5.82 Å². The molecule has 0 saturated carbocycles. The van der Waals surface area contributed by atoms with Gasteiger partial charge in [-0.2, -0.15) is 0 Å². The Morgan fingerprint density at radius 2 is 2.07 bits per heavy atom. The quantitative estimate of drug-likeness (QED) is 0.818. The van der Waals surface area contributed by atoms with Crippen molar-refractivity contribution in [2.75, 3.05) is 13.1 Å². The Morgan fingerprint density at radius 1 is 1.25 bits per heavy atom. The zero-order valence-electron chi connectivity index (χ0n) is 15.9. The van der Waals surface area contributed by atoms with E-state index in [4.69, 9.17) is 4.98 Å². The minimum absolute atomic E-state index is 0.0498. The lowest BCUT2D eigenvalue weighted by atomic mass is 10.0. The van der Waals surface area contributed by atoms with Gasteiger partial charge in [0.2, 0.25) is 11.8 Å². The first-order valence-corrected chi connectivity index (χ1v) is 9.66. The standard InChI is InChI=1S/C21H23FN4O2/c1-14(27)26-9-4-7-19(26)21-23-12-16-13-25(10-8-18(16)24-21)20(28)11-15-5-2-3-6-17(15)22/h2-3,5-6,12,19H,4,7-11,13H2,1H3. The van der Waals surface area contributed by atoms with Crippen molar-refractivity contribution in [2.24, 2.45) is 0 Å². The second-order valence-electron chi connectivity index (χ2n) is 7.40. The van der Waals surface area contributed by atoms with Gasteiger partial charge in [0, 0.05) is 44.7 Å². The first-order chi connectivity index (χ1) is 13.5. The van der Waals surface area contributed by atoms with E-state index in [-0.39, 0.29) is 30.1 Å². The van der Waals surface area contributed by atoms with E-state index in [0.29, 0.717) is 30.9 Å². The maximum atomic E-state index is 13.8. The summed E-state index contributed by atoms with van der Waals surface area (Å²) in [6.45, 7) is 3.32. The van der Waals surface area contributed by atoms with Gasteiger partial charge in [0.1, 0.15) is 5.82 Å². The Labute approximate surface area is 163 Å². The third-order valence-electron chi connectivity index (χ3n) is 5.56. The van der Waals surface area contributed by atoms with Crippen LogP contribution in [-0.2, 0) is 29.0 Å². The molecule has 2 aliphatic rings. The van der Waals surface area contributed by atoms with E-state index in [0.717, 1.165) is 30.6 Å². The number of nitrogens with zero attached hydrogens (tertiary/aromatic N) is 4. The van der Waals surface area contributed by atoms with Crippen molar-refractivity contribution >= 4 is 11.8 Å². The van der Waals surface area contributed by atoms with E-state index in [1.807, 2.05) is 4.90 Å². The maximum absolute atomic E-state index is 13.8. The Bertz CT molecular complexity index is 917. The summed E-state index contributed by atoms with van der Waals surface area (Å²) in [7, 11) is 0. The molecule has 0 bridgehead atoms. The summed E-state index contributed by atoms with van der Waals surface area (Å²) >= 11 is 0. The molecule has 0 radical (unpaired) electrons. The highest BCUT2D eigenvalue weighted by Crippen LogP contribution is 2.30. The Kier molecular flexibility index (Phi) is 5.07. The van der Waals surface area contributed by atoms with Crippen LogP contribution in [0.1, 0.15) is 48.5 Å². The number of hydrogen-bond donors (Lipinski definition) is 0. The van der Waals surface area contributed by atoms with Crippen molar-refractivity contribution < 1.29 is 14.0 Å². The van der Waals surface area contributed by atoms with Crippen molar-refractivity contribution in [3.63, 3.8) is 0 Å². The van der Waals surface area contributed by atoms with Crippen LogP contribution in [0.25, 0.3) is 0 Å². The number of amides is 2. The van der Waals surface area contributed by atoms with Crippen LogP contribution in [0.5, 0.6) is 0 Å². The Balaban J connectivity index is 1.47. The monoisotopic (exact) mass is 382 g/mol. The van der Waals surface area contributed by atoms with Gasteiger partial charge >= 0.3 is 0 Å². The second kappa shape index (κ2) is 7.66. The summed E-state index contributed by atoms with van der Waals surface area (Å²) in [5.74, 6) is 0.289. The molecule has 0 N–H and O–H groups in total. The molecule has 2 aliphatic heterocycles. The highest BCUT2D eigenvalue weighted by atomic mass is 19.1. The van der Waals surface area contributed by atoms with Crippen molar-refractivity contribution in [1.29, 1.82) is 0 Å². The lowest BCUT2D eigenvalue weighted by Gasteiger charge is -2.29. The van der Waals surface area contributed by atoms with Crippen LogP contribution >= 0.6 is 0 Å². The molecule has 1 aromatic heterocycles. The summed E-state index contributed by atoms with van der Waals surface area (Å²) in [4.78, 5) is 37.2. The largest absolute Gasteiger partial charge is 0.338 e. The lowest BCUT2D eigenvalue weighted by Crippen LogP contribution is -2.38. The normalized spacial score (nSPS) is 18.9. The number of carbonyl (C=O) groups excluding carboxylic acids is 2. The summed E-state index contributed by atoms with van der Waals surface area (Å²) in [5, 5.41) is 0. The Morgan fingerprint density at radius 3 is 2.86 bits per heavy atom. The number of rotatable bonds is 3. The second-order valence-corrected chi connectivity index (χ2v) is 7.40. The van der Waals surface area contributed by atoms with E-state index in [2.05, 4.69) is 4.98 Å². The average Bonchev–Trinajstić information content (AvgIpc) is 3.19. The fourth-order valence-corrected chi connectivity index (χ4v) is 4.03. The molecule has 1 atom stereocenters. The molecular weight excluding hydrogens is 359 g/mol. The number of fused-ring (bicyclic) bond motifs is 1. The lowest BCUT2D eigenvalue weighted by molar-refractivity contribution is -0.131. The van der Waals surface area contributed by atoms with E-state index < -0.39 is 0 Å². The van der Waals surface area contributed by atoms with E-state index in [1.165, 1.54) is 6.07 Å². The molecule has 1 fully saturated rings. The van der Waals surface area contributed by atoms with Gasteiger partial charge in [0.05, 0.1) is 18.2 Å². The first-order valence-electron chi connectivity index (χ1n) is 9.66. The minimum Gasteiger partial charge on any atom is -0.338 e. The van der Waals surface area contributed by atoms with Crippen LogP contribution in [0.3, 0.4) is 0 Å². The third-order valence-corrected chi connectivity index (χ3v) is 5.56. The zero-order chi connectivity index (χ0) is 19.7. The van der Waals surface area contributed by atoms with Crippen LogP contribution in [0.2, 0.25) is 0 Å². The van der Waals surface area contributed by atoms with Gasteiger partial charge in [-0.15, -0.1) is 0 Å². The molecule has 0 spiro atoms. The van der Waals surface area contributed by atoms with Crippen LogP contribution in [0.15, 0.2) is 30.5 Å². The zero-order valence-corrected chi connectivity index (χ0v) is 15.9. The predicted molar refractivity (Wildman–Crippen MR) is 101 cm³/mol. The molecule has 0 aliphatic carbocycles. The number of likely N-dealkylation sites (tertiary alicyclic amines) is 1. The van der Waals surface area contributed by atoms with E-state index in [1.54, 1.807) is 36.2 Å². The molecule has 1 aromatic carbocycles. The van der Waals surface area contributed by atoms with E-state index >= 15 is 0 Å². The van der Waals surface area contributed by atoms with Crippen LogP contribution in [0, 0.1) is 5.82 Å². The van der Waals surface area contributed by atoms with Gasteiger partial charge in [-0.3, -0.25) is 9.59 Å². The fraction of sp³-hybridized carbons (Fsp3) is 0.429. The number of aromatic nitrogens is 2. The maximum Gasteiger partial charge on any atom is 0.227 e. The molecule has 4 rings (SSSR count). The summed E-state index contributed by atoms with van der Waals surface area (Å²) in [6.07, 6.45) is 4.31. The van der Waals surface area contributed by atoms with Crippen molar-refractivity contribution in [1.82, 2.24) is 19.8 Å². The molecule has 28 heavy (non-hydrogen) atoms. The van der Waals surface area contributed by atoms with Crippen LogP contribution in [0.4, 0.5) is 4.39 Å². The van der Waals surface area contributed by atoms with Gasteiger partial charge < -0.3 is 9.80 Å². The third kappa shape index (κ3) is 3.61. The highest BCUT2D eigenvalue weighted by Gasteiger charge is 2.31. The predicted octanol–water partition coefficient (Wildman–Crippen LogP) is 2.43. The van der Waals surface area contributed by atoms with Gasteiger partial charge in [-0.25, -0.2) is 14.4 Å². The summed E-state index contributed by atoms with van der Waals surface area (Å²) in [5.41, 5.74) is 2.27. The molecule has 2 aromatic rings. The van der Waals surface area contributed by atoms with Crippen LogP contribution < -0.4 is 0 Å². The molecule has 2 amide bonds. The number of hydrogen-bond acceptors (Lipinski definition) is 4. The number of carbonyl (C=O) groups is 2. The van der Waals surface area contributed by atoms with E-state index in [9.17, 15) is 14.0 Å². The first kappa shape index (κ1) is 18.5. The van der Waals surface area contributed by atoms with Crippen molar-refractivity contribution in [3.05, 3.63) is 58.9 Å². The van der Waals surface area contributed by atoms with Crippen molar-refractivity contribution in [3.8, 4) is 0 Å². The SMILES string of the molecule is CC(=O)N1CCCC1c1ncc2c(n1)CCN(C(=O)Cc1ccccc1F)C2. The molecule has 1 saturated heterocycles. The topological polar surface area (TPSA) is 66.4 Å². The molecule has 146 valence electrons. The van der Waals surface area contributed by atoms with Gasteiger partial charge in [-0.05, 0) is 24.5 Å². The van der Waals surface area contributed by atoms with Gasteiger partial charge in [0.25, 0.3) is 0 Å². The highest BCUT2D eigenvalue weighted by molar-refractivity contribution is 5.79. The van der Waals surface area contributed by atoms with Gasteiger partial charge in [-0.1, -0.05) is 18.2 Å². The smallest absolute Gasteiger partial charge is 0.227 e. The molecule has 6 nitrogen and oxygen atoms in total. The van der Waals surface area contributed by atoms with Crippen molar-refractivity contribution in [2.45, 2.75) is 45.2 Å². The molecular formula is C21H23FN4O2. The average molecular weight is 382 g/mol. The minimum atomic E-state index is -0.354. The molecule has 7 heteroatoms. The van der Waals surface area contributed by atoms with Crippen LogP contribution in [-0.4, -0.2) is 44.7 Å². The Hall–Kier alpha value is -2.83. The number of benzene rings is 1. The molecule has 1 unspecified atom stereocenters. The molecule has 3 heterocycles. The summed E-state index contributed by atoms with van der Waals surface area (Å²) in [6, 6.07) is 6.32. The fourth-order valence-electron chi connectivity index (χ4n) is 4.03.